The van der Waals surface area contributed by atoms with E-state index in [-0.39, 0.29) is 17.1 Å². The Bertz CT molecular complexity index is 332. The van der Waals surface area contributed by atoms with Gasteiger partial charge in [-0.2, -0.15) is 0 Å². The standard InChI is InChI=1S/C14H26O3Si/c1-14(2,3)18(4,5)16-9-10-6-7-12-11(10)8-13(15)17-12/h10-12H,6-9H2,1-5H3/t10-,11+,12-/m0/s1. The van der Waals surface area contributed by atoms with E-state index in [1.165, 1.54) is 0 Å². The van der Waals surface area contributed by atoms with Crippen LogP contribution in [0.4, 0.5) is 0 Å². The van der Waals surface area contributed by atoms with Crippen LogP contribution in [-0.4, -0.2) is 27.0 Å². The molecule has 0 N–H and O–H groups in total. The number of esters is 1. The van der Waals surface area contributed by atoms with E-state index >= 15 is 0 Å². The summed E-state index contributed by atoms with van der Waals surface area (Å²) >= 11 is 0. The summed E-state index contributed by atoms with van der Waals surface area (Å²) in [6.45, 7) is 12.2. The molecule has 18 heavy (non-hydrogen) atoms. The predicted molar refractivity (Wildman–Crippen MR) is 73.9 cm³/mol. The average molecular weight is 270 g/mol. The van der Waals surface area contributed by atoms with E-state index in [1.807, 2.05) is 0 Å². The summed E-state index contributed by atoms with van der Waals surface area (Å²) in [5, 5.41) is 0.257. The first-order valence-corrected chi connectivity index (χ1v) is 9.95. The molecule has 3 nitrogen and oxygen atoms in total. The molecule has 1 saturated carbocycles. The number of ether oxygens (including phenoxy) is 1. The van der Waals surface area contributed by atoms with Crippen LogP contribution in [-0.2, 0) is 14.0 Å². The van der Waals surface area contributed by atoms with E-state index < -0.39 is 8.32 Å². The third-order valence-electron chi connectivity index (χ3n) is 5.05. The minimum Gasteiger partial charge on any atom is -0.462 e. The molecule has 3 atom stereocenters. The summed E-state index contributed by atoms with van der Waals surface area (Å²) in [5.74, 6) is 0.930. The van der Waals surface area contributed by atoms with Crippen molar-refractivity contribution in [3.05, 3.63) is 0 Å². The van der Waals surface area contributed by atoms with Crippen LogP contribution in [0.5, 0.6) is 0 Å². The van der Waals surface area contributed by atoms with Crippen LogP contribution >= 0.6 is 0 Å². The largest absolute Gasteiger partial charge is 0.462 e. The van der Waals surface area contributed by atoms with Crippen molar-refractivity contribution >= 4 is 14.3 Å². The predicted octanol–water partition coefficient (Wildman–Crippen LogP) is 3.35. The molecule has 0 amide bonds. The van der Waals surface area contributed by atoms with Crippen molar-refractivity contribution in [1.82, 2.24) is 0 Å². The lowest BCUT2D eigenvalue weighted by molar-refractivity contribution is -0.141. The van der Waals surface area contributed by atoms with E-state index in [1.54, 1.807) is 0 Å². The summed E-state index contributed by atoms with van der Waals surface area (Å²) in [4.78, 5) is 11.3. The second-order valence-electron chi connectivity index (χ2n) is 7.31. The number of hydrogen-bond acceptors (Lipinski definition) is 3. The molecule has 2 aliphatic rings. The molecule has 0 spiro atoms. The zero-order valence-electron chi connectivity index (χ0n) is 12.3. The first-order valence-electron chi connectivity index (χ1n) is 7.04. The van der Waals surface area contributed by atoms with Gasteiger partial charge in [-0.15, -0.1) is 0 Å². The van der Waals surface area contributed by atoms with Gasteiger partial charge >= 0.3 is 5.97 Å². The van der Waals surface area contributed by atoms with Crippen molar-refractivity contribution in [2.75, 3.05) is 6.61 Å². The molecule has 1 aliphatic heterocycles. The smallest absolute Gasteiger partial charge is 0.306 e. The molecule has 0 bridgehead atoms. The van der Waals surface area contributed by atoms with Gasteiger partial charge in [0.25, 0.3) is 0 Å². The second kappa shape index (κ2) is 4.64. The van der Waals surface area contributed by atoms with Crippen molar-refractivity contribution in [3.63, 3.8) is 0 Å². The maximum Gasteiger partial charge on any atom is 0.306 e. The molecule has 1 saturated heterocycles. The van der Waals surface area contributed by atoms with Crippen LogP contribution in [0.2, 0.25) is 18.1 Å². The van der Waals surface area contributed by atoms with E-state index in [0.29, 0.717) is 18.3 Å². The minimum atomic E-state index is -1.66. The Balaban J connectivity index is 1.90. The van der Waals surface area contributed by atoms with E-state index in [0.717, 1.165) is 19.4 Å². The quantitative estimate of drug-likeness (QED) is 0.583. The van der Waals surface area contributed by atoms with Crippen molar-refractivity contribution < 1.29 is 14.0 Å². The number of rotatable bonds is 3. The van der Waals surface area contributed by atoms with Gasteiger partial charge < -0.3 is 9.16 Å². The Labute approximate surface area is 111 Å². The molecule has 2 rings (SSSR count). The fraction of sp³-hybridized carbons (Fsp3) is 0.929. The molecule has 1 aliphatic carbocycles. The van der Waals surface area contributed by atoms with Gasteiger partial charge in [-0.25, -0.2) is 0 Å². The molecule has 4 heteroatoms. The van der Waals surface area contributed by atoms with Gasteiger partial charge in [-0.05, 0) is 36.9 Å². The van der Waals surface area contributed by atoms with E-state index in [4.69, 9.17) is 9.16 Å². The maximum atomic E-state index is 11.3. The molecule has 0 aromatic heterocycles. The summed E-state index contributed by atoms with van der Waals surface area (Å²) in [5.41, 5.74) is 0. The third-order valence-corrected chi connectivity index (χ3v) is 9.56. The normalized spacial score (nSPS) is 32.5. The SMILES string of the molecule is CC(C)(C)[Si](C)(C)OC[C@@H]1CC[C@@H]2OC(=O)C[C@H]12. The van der Waals surface area contributed by atoms with Crippen LogP contribution < -0.4 is 0 Å². The number of fused-ring (bicyclic) bond motifs is 1. The molecule has 104 valence electrons. The first-order chi connectivity index (χ1) is 8.21. The molecular formula is C14H26O3Si. The zero-order chi connectivity index (χ0) is 13.6. The lowest BCUT2D eigenvalue weighted by Gasteiger charge is -2.37. The van der Waals surface area contributed by atoms with Crippen LogP contribution in [0.15, 0.2) is 0 Å². The molecule has 1 heterocycles. The van der Waals surface area contributed by atoms with Crippen molar-refractivity contribution in [3.8, 4) is 0 Å². The van der Waals surface area contributed by atoms with Crippen molar-refractivity contribution in [2.24, 2.45) is 11.8 Å². The van der Waals surface area contributed by atoms with Crippen LogP contribution in [0.25, 0.3) is 0 Å². The van der Waals surface area contributed by atoms with Gasteiger partial charge in [0, 0.05) is 12.5 Å². The van der Waals surface area contributed by atoms with Crippen molar-refractivity contribution in [2.45, 2.75) is 64.3 Å². The highest BCUT2D eigenvalue weighted by Gasteiger charge is 2.46. The van der Waals surface area contributed by atoms with Crippen LogP contribution in [0, 0.1) is 11.8 Å². The monoisotopic (exact) mass is 270 g/mol. The molecule has 0 radical (unpaired) electrons. The zero-order valence-corrected chi connectivity index (χ0v) is 13.3. The Hall–Kier alpha value is -0.353. The number of hydrogen-bond donors (Lipinski definition) is 0. The van der Waals surface area contributed by atoms with Crippen LogP contribution in [0.3, 0.4) is 0 Å². The summed E-state index contributed by atoms with van der Waals surface area (Å²) in [6, 6.07) is 0. The van der Waals surface area contributed by atoms with Gasteiger partial charge in [0.1, 0.15) is 6.10 Å². The van der Waals surface area contributed by atoms with Gasteiger partial charge in [0.2, 0.25) is 0 Å². The Morgan fingerprint density at radius 3 is 2.61 bits per heavy atom. The molecule has 0 aromatic rings. The average Bonchev–Trinajstić information content (AvgIpc) is 2.72. The second-order valence-corrected chi connectivity index (χ2v) is 12.1. The highest BCUT2D eigenvalue weighted by atomic mass is 28.4. The Morgan fingerprint density at radius 2 is 2.00 bits per heavy atom. The number of carbonyl (C=O) groups excluding carboxylic acids is 1. The first kappa shape index (κ1) is 14.1. The molecule has 2 fully saturated rings. The van der Waals surface area contributed by atoms with Crippen molar-refractivity contribution in [1.29, 1.82) is 0 Å². The lowest BCUT2D eigenvalue weighted by Crippen LogP contribution is -2.42. The highest BCUT2D eigenvalue weighted by molar-refractivity contribution is 6.74. The van der Waals surface area contributed by atoms with Gasteiger partial charge in [0.05, 0.1) is 6.42 Å². The Morgan fingerprint density at radius 1 is 1.33 bits per heavy atom. The van der Waals surface area contributed by atoms with Gasteiger partial charge in [-0.1, -0.05) is 20.8 Å². The van der Waals surface area contributed by atoms with Gasteiger partial charge in [0.15, 0.2) is 8.32 Å². The third kappa shape index (κ3) is 2.64. The molecule has 0 aromatic carbocycles. The fourth-order valence-electron chi connectivity index (χ4n) is 2.70. The number of carbonyl (C=O) groups is 1. The summed E-state index contributed by atoms with van der Waals surface area (Å²) in [7, 11) is -1.66. The summed E-state index contributed by atoms with van der Waals surface area (Å²) < 4.78 is 11.6. The Kier molecular flexibility index (Phi) is 3.62. The highest BCUT2D eigenvalue weighted by Crippen LogP contribution is 2.43. The topological polar surface area (TPSA) is 35.5 Å². The summed E-state index contributed by atoms with van der Waals surface area (Å²) in [6.07, 6.45) is 2.97. The maximum absolute atomic E-state index is 11.3. The van der Waals surface area contributed by atoms with E-state index in [9.17, 15) is 4.79 Å². The fourth-order valence-corrected chi connectivity index (χ4v) is 3.77. The minimum absolute atomic E-state index is 0.0120. The molecule has 0 unspecified atom stereocenters. The van der Waals surface area contributed by atoms with Crippen LogP contribution in [0.1, 0.15) is 40.0 Å². The molecular weight excluding hydrogens is 244 g/mol. The lowest BCUT2D eigenvalue weighted by atomic mass is 9.94. The van der Waals surface area contributed by atoms with E-state index in [2.05, 4.69) is 33.9 Å². The van der Waals surface area contributed by atoms with Gasteiger partial charge in [-0.3, -0.25) is 4.79 Å².